The Balaban J connectivity index is 1.49. The second-order valence-electron chi connectivity index (χ2n) is 5.97. The van der Waals surface area contributed by atoms with Gasteiger partial charge in [0.1, 0.15) is 0 Å². The SMILES string of the molecule is O=C1NC(=O)C(=Cc2ccc(C(=O)NCCC(=O)N3CCOCC3)cc2)S1. The number of hydrogen-bond acceptors (Lipinski definition) is 6. The zero-order valence-corrected chi connectivity index (χ0v) is 15.3. The summed E-state index contributed by atoms with van der Waals surface area (Å²) in [7, 11) is 0. The van der Waals surface area contributed by atoms with Crippen LogP contribution in [-0.2, 0) is 14.3 Å². The molecule has 2 aliphatic rings. The molecule has 0 spiro atoms. The number of imide groups is 1. The maximum atomic E-state index is 12.2. The summed E-state index contributed by atoms with van der Waals surface area (Å²) < 4.78 is 5.21. The molecule has 0 unspecified atom stereocenters. The number of amides is 4. The van der Waals surface area contributed by atoms with E-state index in [4.69, 9.17) is 4.74 Å². The number of benzene rings is 1. The van der Waals surface area contributed by atoms with Crippen molar-refractivity contribution in [3.63, 3.8) is 0 Å². The smallest absolute Gasteiger partial charge is 0.290 e. The first-order valence-electron chi connectivity index (χ1n) is 8.51. The van der Waals surface area contributed by atoms with E-state index in [9.17, 15) is 19.2 Å². The summed E-state index contributed by atoms with van der Waals surface area (Å²) in [5, 5.41) is 4.52. The topological polar surface area (TPSA) is 105 Å². The molecule has 9 heteroatoms. The molecule has 8 nitrogen and oxygen atoms in total. The monoisotopic (exact) mass is 389 g/mol. The molecule has 0 bridgehead atoms. The maximum Gasteiger partial charge on any atom is 0.290 e. The van der Waals surface area contributed by atoms with E-state index < -0.39 is 11.1 Å². The first-order valence-corrected chi connectivity index (χ1v) is 9.33. The molecule has 1 aromatic carbocycles. The van der Waals surface area contributed by atoms with Crippen LogP contribution >= 0.6 is 11.8 Å². The second kappa shape index (κ2) is 8.83. The van der Waals surface area contributed by atoms with Gasteiger partial charge in [0.2, 0.25) is 5.91 Å². The Morgan fingerprint density at radius 1 is 1.19 bits per heavy atom. The van der Waals surface area contributed by atoms with Gasteiger partial charge >= 0.3 is 0 Å². The van der Waals surface area contributed by atoms with Crippen LogP contribution in [-0.4, -0.2) is 60.7 Å². The highest BCUT2D eigenvalue weighted by atomic mass is 32.2. The van der Waals surface area contributed by atoms with E-state index >= 15 is 0 Å². The molecule has 0 aliphatic carbocycles. The summed E-state index contributed by atoms with van der Waals surface area (Å²) in [5.41, 5.74) is 1.16. The van der Waals surface area contributed by atoms with Crippen molar-refractivity contribution in [2.45, 2.75) is 6.42 Å². The molecule has 0 saturated carbocycles. The zero-order valence-electron chi connectivity index (χ0n) is 14.5. The first-order chi connectivity index (χ1) is 13.0. The molecule has 2 fully saturated rings. The third-order valence-corrected chi connectivity index (χ3v) is 4.91. The first kappa shape index (κ1) is 19.1. The second-order valence-corrected chi connectivity index (χ2v) is 6.99. The van der Waals surface area contributed by atoms with Crippen LogP contribution in [0.3, 0.4) is 0 Å². The molecular formula is C18H19N3O5S. The van der Waals surface area contributed by atoms with Crippen LogP contribution in [0.1, 0.15) is 22.3 Å². The lowest BCUT2D eigenvalue weighted by molar-refractivity contribution is -0.135. The largest absolute Gasteiger partial charge is 0.378 e. The highest BCUT2D eigenvalue weighted by Crippen LogP contribution is 2.25. The van der Waals surface area contributed by atoms with Gasteiger partial charge < -0.3 is 15.0 Å². The van der Waals surface area contributed by atoms with Gasteiger partial charge in [-0.25, -0.2) is 0 Å². The summed E-state index contributed by atoms with van der Waals surface area (Å²) in [6.07, 6.45) is 1.84. The third-order valence-electron chi connectivity index (χ3n) is 4.10. The normalized spacial score (nSPS) is 18.5. The fourth-order valence-corrected chi connectivity index (χ4v) is 3.34. The van der Waals surface area contributed by atoms with Crippen molar-refractivity contribution in [3.8, 4) is 0 Å². The predicted molar refractivity (Wildman–Crippen MR) is 99.9 cm³/mol. The Hall–Kier alpha value is -2.65. The van der Waals surface area contributed by atoms with Gasteiger partial charge in [0.25, 0.3) is 17.1 Å². The summed E-state index contributed by atoms with van der Waals surface area (Å²) >= 11 is 0.843. The maximum absolute atomic E-state index is 12.2. The minimum Gasteiger partial charge on any atom is -0.378 e. The molecule has 0 atom stereocenters. The summed E-state index contributed by atoms with van der Waals surface area (Å²) in [6.45, 7) is 2.54. The van der Waals surface area contributed by atoms with Crippen LogP contribution in [0.5, 0.6) is 0 Å². The Labute approximate surface area is 160 Å². The number of hydrogen-bond donors (Lipinski definition) is 2. The van der Waals surface area contributed by atoms with E-state index in [1.807, 2.05) is 0 Å². The molecule has 3 rings (SSSR count). The van der Waals surface area contributed by atoms with Crippen LogP contribution in [0.25, 0.3) is 6.08 Å². The number of nitrogens with one attached hydrogen (secondary N) is 2. The van der Waals surface area contributed by atoms with Crippen molar-refractivity contribution in [3.05, 3.63) is 40.3 Å². The number of carbonyl (C=O) groups excluding carboxylic acids is 4. The van der Waals surface area contributed by atoms with Crippen molar-refractivity contribution in [2.75, 3.05) is 32.8 Å². The molecule has 27 heavy (non-hydrogen) atoms. The number of thioether (sulfide) groups is 1. The highest BCUT2D eigenvalue weighted by Gasteiger charge is 2.24. The van der Waals surface area contributed by atoms with E-state index in [0.29, 0.717) is 42.3 Å². The van der Waals surface area contributed by atoms with E-state index in [1.54, 1.807) is 35.2 Å². The quantitative estimate of drug-likeness (QED) is 0.728. The Morgan fingerprint density at radius 3 is 2.52 bits per heavy atom. The van der Waals surface area contributed by atoms with Gasteiger partial charge in [-0.05, 0) is 35.5 Å². The molecule has 4 amide bonds. The minimum absolute atomic E-state index is 0.00228. The van der Waals surface area contributed by atoms with Gasteiger partial charge in [0.05, 0.1) is 18.1 Å². The van der Waals surface area contributed by atoms with Crippen LogP contribution in [0.15, 0.2) is 29.2 Å². The summed E-state index contributed by atoms with van der Waals surface area (Å²) in [5.74, 6) is -0.689. The molecule has 2 heterocycles. The Kier molecular flexibility index (Phi) is 6.25. The number of carbonyl (C=O) groups is 4. The van der Waals surface area contributed by atoms with Crippen LogP contribution < -0.4 is 10.6 Å². The standard InChI is InChI=1S/C18H19N3O5S/c22-15(21-7-9-26-10-8-21)5-6-19-16(23)13-3-1-12(2-4-13)11-14-17(24)20-18(25)27-14/h1-4,11H,5-10H2,(H,19,23)(H,20,24,25). The molecule has 1 aromatic rings. The zero-order chi connectivity index (χ0) is 19.2. The summed E-state index contributed by atoms with van der Waals surface area (Å²) in [4.78, 5) is 48.9. The van der Waals surface area contributed by atoms with Gasteiger partial charge in [-0.3, -0.25) is 24.5 Å². The fourth-order valence-electron chi connectivity index (χ4n) is 2.66. The lowest BCUT2D eigenvalue weighted by Gasteiger charge is -2.26. The molecule has 2 aliphatic heterocycles. The summed E-state index contributed by atoms with van der Waals surface area (Å²) in [6, 6.07) is 6.64. The molecule has 0 aromatic heterocycles. The van der Waals surface area contributed by atoms with Crippen molar-refractivity contribution >= 4 is 40.8 Å². The lowest BCUT2D eigenvalue weighted by Crippen LogP contribution is -2.42. The average Bonchev–Trinajstić information content (AvgIpc) is 2.99. The van der Waals surface area contributed by atoms with Crippen LogP contribution in [0.4, 0.5) is 4.79 Å². The molecule has 2 saturated heterocycles. The molecule has 142 valence electrons. The minimum atomic E-state index is -0.420. The van der Waals surface area contributed by atoms with E-state index in [1.165, 1.54) is 0 Å². The van der Waals surface area contributed by atoms with E-state index in [2.05, 4.69) is 10.6 Å². The van der Waals surface area contributed by atoms with Gasteiger partial charge in [-0.1, -0.05) is 12.1 Å². The highest BCUT2D eigenvalue weighted by molar-refractivity contribution is 8.18. The Morgan fingerprint density at radius 2 is 1.89 bits per heavy atom. The van der Waals surface area contributed by atoms with Gasteiger partial charge in [0.15, 0.2) is 0 Å². The van der Waals surface area contributed by atoms with Crippen LogP contribution in [0.2, 0.25) is 0 Å². The lowest BCUT2D eigenvalue weighted by atomic mass is 10.1. The number of morpholine rings is 1. The van der Waals surface area contributed by atoms with E-state index in [-0.39, 0.29) is 24.8 Å². The van der Waals surface area contributed by atoms with Crippen LogP contribution in [0, 0.1) is 0 Å². The number of ether oxygens (including phenoxy) is 1. The van der Waals surface area contributed by atoms with Gasteiger partial charge in [0, 0.05) is 31.6 Å². The predicted octanol–water partition coefficient (Wildman–Crippen LogP) is 0.989. The fraction of sp³-hybridized carbons (Fsp3) is 0.333. The van der Waals surface area contributed by atoms with E-state index in [0.717, 1.165) is 11.8 Å². The average molecular weight is 389 g/mol. The Bertz CT molecular complexity index is 785. The van der Waals surface area contributed by atoms with Crippen molar-refractivity contribution in [1.82, 2.24) is 15.5 Å². The molecule has 0 radical (unpaired) electrons. The third kappa shape index (κ3) is 5.18. The molecular weight excluding hydrogens is 370 g/mol. The van der Waals surface area contributed by atoms with Crippen molar-refractivity contribution in [2.24, 2.45) is 0 Å². The van der Waals surface area contributed by atoms with Crippen molar-refractivity contribution in [1.29, 1.82) is 0 Å². The van der Waals surface area contributed by atoms with Gasteiger partial charge in [-0.2, -0.15) is 0 Å². The van der Waals surface area contributed by atoms with Gasteiger partial charge in [-0.15, -0.1) is 0 Å². The molecule has 2 N–H and O–H groups in total. The number of nitrogens with zero attached hydrogens (tertiary/aromatic N) is 1. The number of rotatable bonds is 5. The van der Waals surface area contributed by atoms with Crippen molar-refractivity contribution < 1.29 is 23.9 Å².